The van der Waals surface area contributed by atoms with Crippen LogP contribution in [0.25, 0.3) is 0 Å². The fourth-order valence-electron chi connectivity index (χ4n) is 0.358. The van der Waals surface area contributed by atoms with Crippen LogP contribution in [0.2, 0.25) is 0 Å². The third-order valence-corrected chi connectivity index (χ3v) is 0.859. The van der Waals surface area contributed by atoms with Gasteiger partial charge in [0.15, 0.2) is 0 Å². The average molecular weight is 169 g/mol. The Labute approximate surface area is 62.9 Å². The molecule has 0 fully saturated rings. The smallest absolute Gasteiger partial charge is 0.387 e. The van der Waals surface area contributed by atoms with Crippen molar-refractivity contribution in [2.24, 2.45) is 0 Å². The molecule has 0 amide bonds. The number of rotatable bonds is 4. The van der Waals surface area contributed by atoms with Gasteiger partial charge < -0.3 is 4.74 Å². The molecule has 10 heavy (non-hydrogen) atoms. The van der Waals surface area contributed by atoms with Crippen LogP contribution in [0.5, 0.6) is 0 Å². The Hall–Kier alpha value is -0.570. The highest BCUT2D eigenvalue weighted by atomic mass is 35.5. The van der Waals surface area contributed by atoms with Crippen LogP contribution in [-0.2, 0) is 4.74 Å². The fourth-order valence-corrected chi connectivity index (χ4v) is 0.511. The second-order valence-electron chi connectivity index (χ2n) is 1.34. The second-order valence-corrected chi connectivity index (χ2v) is 1.65. The van der Waals surface area contributed by atoms with Crippen molar-refractivity contribution in [1.29, 1.82) is 0 Å². The normalized spacial score (nSPS) is 11.8. The van der Waals surface area contributed by atoms with Crippen LogP contribution in [0, 0.1) is 0 Å². The van der Waals surface area contributed by atoms with Gasteiger partial charge in [-0.2, -0.15) is 8.78 Å². The molecule has 0 bridgehead atoms. The molecule has 0 saturated heterocycles. The second kappa shape index (κ2) is 5.23. The molecule has 0 spiro atoms. The maximum absolute atomic E-state index is 11.4. The molecule has 0 unspecified atom stereocenters. The van der Waals surface area contributed by atoms with Crippen LogP contribution in [-0.4, -0.2) is 12.5 Å². The van der Waals surface area contributed by atoms with Crippen molar-refractivity contribution in [2.45, 2.75) is 6.61 Å². The van der Waals surface area contributed by atoms with Gasteiger partial charge in [-0.25, -0.2) is 0 Å². The summed E-state index contributed by atoms with van der Waals surface area (Å²) in [6.45, 7) is 0.435. The van der Waals surface area contributed by atoms with Gasteiger partial charge >= 0.3 is 6.61 Å². The standard InChI is InChI=1S/C6H7ClF2O/c1-2-5(3-4-7)10-6(8)9/h2-3,6H,1,4H2/b5-3+. The third kappa shape index (κ3) is 4.32. The highest BCUT2D eigenvalue weighted by Crippen LogP contribution is 2.05. The number of halogens is 3. The monoisotopic (exact) mass is 168 g/mol. The first kappa shape index (κ1) is 9.43. The summed E-state index contributed by atoms with van der Waals surface area (Å²) in [7, 11) is 0. The molecule has 0 aromatic carbocycles. The minimum absolute atomic E-state index is 0.00463. The zero-order chi connectivity index (χ0) is 7.98. The van der Waals surface area contributed by atoms with E-state index in [4.69, 9.17) is 11.6 Å². The summed E-state index contributed by atoms with van der Waals surface area (Å²) in [6.07, 6.45) is 2.48. The predicted molar refractivity (Wildman–Crippen MR) is 36.1 cm³/mol. The van der Waals surface area contributed by atoms with E-state index >= 15 is 0 Å². The first-order valence-electron chi connectivity index (χ1n) is 2.54. The molecule has 0 saturated carbocycles. The van der Waals surface area contributed by atoms with E-state index < -0.39 is 6.61 Å². The van der Waals surface area contributed by atoms with Gasteiger partial charge in [0, 0.05) is 5.88 Å². The number of ether oxygens (including phenoxy) is 1. The van der Waals surface area contributed by atoms with E-state index in [0.717, 1.165) is 0 Å². The van der Waals surface area contributed by atoms with Gasteiger partial charge in [-0.1, -0.05) is 6.58 Å². The van der Waals surface area contributed by atoms with Gasteiger partial charge in [0.1, 0.15) is 5.76 Å². The first-order valence-corrected chi connectivity index (χ1v) is 3.07. The quantitative estimate of drug-likeness (QED) is 0.356. The lowest BCUT2D eigenvalue weighted by atomic mass is 10.4. The summed E-state index contributed by atoms with van der Waals surface area (Å²) in [5.74, 6) is 0.138. The number of alkyl halides is 3. The summed E-state index contributed by atoms with van der Waals surface area (Å²) in [5, 5.41) is 0. The van der Waals surface area contributed by atoms with Crippen molar-refractivity contribution in [3.63, 3.8) is 0 Å². The van der Waals surface area contributed by atoms with Crippen molar-refractivity contribution < 1.29 is 13.5 Å². The topological polar surface area (TPSA) is 9.23 Å². The molecular weight excluding hydrogens is 162 g/mol. The Morgan fingerprint density at radius 3 is 2.60 bits per heavy atom. The minimum atomic E-state index is -2.81. The number of hydrogen-bond acceptors (Lipinski definition) is 1. The molecule has 4 heteroatoms. The zero-order valence-corrected chi connectivity index (χ0v) is 5.94. The van der Waals surface area contributed by atoms with Crippen LogP contribution in [0.3, 0.4) is 0 Å². The Morgan fingerprint density at radius 2 is 2.30 bits per heavy atom. The molecule has 0 radical (unpaired) electrons. The Kier molecular flexibility index (Phi) is 4.94. The van der Waals surface area contributed by atoms with Gasteiger partial charge in [-0.15, -0.1) is 11.6 Å². The highest BCUT2D eigenvalue weighted by Gasteiger charge is 2.02. The van der Waals surface area contributed by atoms with E-state index in [1.807, 2.05) is 0 Å². The molecule has 58 valence electrons. The van der Waals surface area contributed by atoms with Crippen LogP contribution in [0.1, 0.15) is 0 Å². The summed E-state index contributed by atoms with van der Waals surface area (Å²) >= 11 is 5.21. The molecule has 0 aliphatic carbocycles. The number of allylic oxidation sites excluding steroid dienone is 2. The number of hydrogen-bond donors (Lipinski definition) is 0. The van der Waals surface area contributed by atoms with Crippen molar-refractivity contribution in [3.8, 4) is 0 Å². The van der Waals surface area contributed by atoms with Crippen molar-refractivity contribution in [2.75, 3.05) is 5.88 Å². The molecule has 1 nitrogen and oxygen atoms in total. The van der Waals surface area contributed by atoms with E-state index in [1.165, 1.54) is 12.2 Å². The van der Waals surface area contributed by atoms with Gasteiger partial charge in [0.25, 0.3) is 0 Å². The van der Waals surface area contributed by atoms with E-state index in [0.29, 0.717) is 0 Å². The van der Waals surface area contributed by atoms with E-state index in [9.17, 15) is 8.78 Å². The average Bonchev–Trinajstić information content (AvgIpc) is 1.86. The molecule has 0 aliphatic rings. The molecule has 0 aliphatic heterocycles. The summed E-state index contributed by atoms with van der Waals surface area (Å²) in [6, 6.07) is 0. The zero-order valence-electron chi connectivity index (χ0n) is 5.19. The van der Waals surface area contributed by atoms with Crippen molar-refractivity contribution in [1.82, 2.24) is 0 Å². The van der Waals surface area contributed by atoms with E-state index in [-0.39, 0.29) is 11.6 Å². The molecule has 0 aromatic rings. The Morgan fingerprint density at radius 1 is 1.70 bits per heavy atom. The van der Waals surface area contributed by atoms with E-state index in [1.54, 1.807) is 0 Å². The maximum Gasteiger partial charge on any atom is 0.387 e. The largest absolute Gasteiger partial charge is 0.435 e. The molecule has 0 atom stereocenters. The molecule has 0 heterocycles. The lowest BCUT2D eigenvalue weighted by Gasteiger charge is -2.02. The van der Waals surface area contributed by atoms with Gasteiger partial charge in [-0.05, 0) is 12.2 Å². The van der Waals surface area contributed by atoms with Crippen molar-refractivity contribution in [3.05, 3.63) is 24.5 Å². The van der Waals surface area contributed by atoms with Gasteiger partial charge in [0.05, 0.1) is 0 Å². The SMILES string of the molecule is C=C/C(=C\CCl)OC(F)F. The van der Waals surface area contributed by atoms with Crippen LogP contribution in [0.15, 0.2) is 24.5 Å². The Bertz CT molecular complexity index is 134. The molecular formula is C6H7ClF2O. The maximum atomic E-state index is 11.4. The van der Waals surface area contributed by atoms with Crippen LogP contribution in [0.4, 0.5) is 8.78 Å². The van der Waals surface area contributed by atoms with Crippen molar-refractivity contribution >= 4 is 11.6 Å². The van der Waals surface area contributed by atoms with Crippen LogP contribution < -0.4 is 0 Å². The summed E-state index contributed by atoms with van der Waals surface area (Å²) < 4.78 is 26.8. The minimum Gasteiger partial charge on any atom is -0.435 e. The Balaban J connectivity index is 3.83. The first-order chi connectivity index (χ1) is 4.70. The lowest BCUT2D eigenvalue weighted by molar-refractivity contribution is -0.0920. The van der Waals surface area contributed by atoms with Gasteiger partial charge in [-0.3, -0.25) is 0 Å². The summed E-state index contributed by atoms with van der Waals surface area (Å²) in [5.41, 5.74) is 0. The molecule has 0 N–H and O–H groups in total. The fraction of sp³-hybridized carbons (Fsp3) is 0.333. The summed E-state index contributed by atoms with van der Waals surface area (Å²) in [4.78, 5) is 0. The predicted octanol–water partition coefficient (Wildman–Crippen LogP) is 2.53. The lowest BCUT2D eigenvalue weighted by Crippen LogP contribution is -1.96. The van der Waals surface area contributed by atoms with Crippen LogP contribution >= 0.6 is 11.6 Å². The molecule has 0 aromatic heterocycles. The third-order valence-electron chi connectivity index (χ3n) is 0.705. The van der Waals surface area contributed by atoms with E-state index in [2.05, 4.69) is 11.3 Å². The van der Waals surface area contributed by atoms with Gasteiger partial charge in [0.2, 0.25) is 0 Å². The molecule has 0 rings (SSSR count). The highest BCUT2D eigenvalue weighted by molar-refractivity contribution is 6.18.